The molecule has 13 heteroatoms. The number of imidazole rings is 1. The van der Waals surface area contributed by atoms with Gasteiger partial charge < -0.3 is 19.8 Å². The van der Waals surface area contributed by atoms with Crippen molar-refractivity contribution in [2.24, 2.45) is 0 Å². The summed E-state index contributed by atoms with van der Waals surface area (Å²) in [6, 6.07) is 0.983. The number of morpholine rings is 1. The summed E-state index contributed by atoms with van der Waals surface area (Å²) >= 11 is 0. The highest BCUT2D eigenvalue weighted by molar-refractivity contribution is 5.64. The molecule has 1 saturated heterocycles. The molecule has 4 fully saturated rings. The van der Waals surface area contributed by atoms with Crippen LogP contribution in [0.5, 0.6) is 5.75 Å². The minimum atomic E-state index is -4.99. The van der Waals surface area contributed by atoms with E-state index < -0.39 is 36.1 Å². The number of nitrogen functional groups attached to an aromatic ring is 1. The summed E-state index contributed by atoms with van der Waals surface area (Å²) in [5, 5.41) is 0. The van der Waals surface area contributed by atoms with E-state index in [1.807, 2.05) is 0 Å². The van der Waals surface area contributed by atoms with Crippen molar-refractivity contribution in [3.8, 4) is 17.0 Å². The Morgan fingerprint density at radius 2 is 1.73 bits per heavy atom. The SMILES string of the molecule is Nc1ncc(-c2cn(C34CC(N5CCOCC5)(C3)C4)c(CC(F)(F)F)n2)cc1OC(F)(F)F. The summed E-state index contributed by atoms with van der Waals surface area (Å²) in [4.78, 5) is 10.2. The molecule has 180 valence electrons. The van der Waals surface area contributed by atoms with Crippen LogP contribution in [0.1, 0.15) is 25.1 Å². The Bertz CT molecular complexity index is 1040. The van der Waals surface area contributed by atoms with Gasteiger partial charge in [0.15, 0.2) is 11.6 Å². The molecule has 2 bridgehead atoms. The number of rotatable bonds is 5. The van der Waals surface area contributed by atoms with E-state index in [4.69, 9.17) is 10.5 Å². The predicted octanol–water partition coefficient (Wildman–Crippen LogP) is 3.49. The standard InChI is InChI=1S/C20H21F6N5O2/c21-19(22,23)6-15-29-13(12-5-14(16(27)28-7-12)33-20(24,25)26)8-31(15)18-9-17(10-18,11-18)30-1-3-32-4-2-30/h5,7-8H,1-4,6,9-11H2,(H2,27,28). The van der Waals surface area contributed by atoms with E-state index in [2.05, 4.69) is 19.6 Å². The summed E-state index contributed by atoms with van der Waals surface area (Å²) in [5.74, 6) is -1.40. The number of nitrogens with two attached hydrogens (primary N) is 1. The topological polar surface area (TPSA) is 78.4 Å². The molecule has 2 N–H and O–H groups in total. The van der Waals surface area contributed by atoms with Crippen LogP contribution in [0.25, 0.3) is 11.3 Å². The molecule has 33 heavy (non-hydrogen) atoms. The molecule has 3 saturated carbocycles. The Balaban J connectivity index is 1.45. The molecule has 0 aromatic carbocycles. The van der Waals surface area contributed by atoms with Crippen molar-refractivity contribution in [2.75, 3.05) is 32.0 Å². The van der Waals surface area contributed by atoms with Crippen LogP contribution in [0.2, 0.25) is 0 Å². The van der Waals surface area contributed by atoms with E-state index in [1.165, 1.54) is 12.4 Å². The second-order valence-electron chi connectivity index (χ2n) is 8.94. The smallest absolute Gasteiger partial charge is 0.402 e. The highest BCUT2D eigenvalue weighted by Gasteiger charge is 2.71. The van der Waals surface area contributed by atoms with Crippen LogP contribution in [0, 0.1) is 0 Å². The molecule has 0 unspecified atom stereocenters. The number of ether oxygens (including phenoxy) is 2. The molecule has 0 atom stereocenters. The Labute approximate surface area is 184 Å². The zero-order chi connectivity index (χ0) is 23.6. The first kappa shape index (κ1) is 22.3. The van der Waals surface area contributed by atoms with Gasteiger partial charge in [-0.05, 0) is 25.3 Å². The zero-order valence-electron chi connectivity index (χ0n) is 17.3. The number of nitrogens with zero attached hydrogens (tertiary/aromatic N) is 4. The molecular weight excluding hydrogens is 456 g/mol. The van der Waals surface area contributed by atoms with Crippen molar-refractivity contribution in [3.05, 3.63) is 24.3 Å². The van der Waals surface area contributed by atoms with E-state index in [0.717, 1.165) is 19.2 Å². The fraction of sp³-hybridized carbons (Fsp3) is 0.600. The van der Waals surface area contributed by atoms with Gasteiger partial charge in [0, 0.05) is 36.6 Å². The summed E-state index contributed by atoms with van der Waals surface area (Å²) < 4.78 is 88.6. The molecular formula is C20H21F6N5O2. The summed E-state index contributed by atoms with van der Waals surface area (Å²) in [6.07, 6.45) is -6.00. The Hall–Kier alpha value is -2.54. The van der Waals surface area contributed by atoms with Gasteiger partial charge in [0.25, 0.3) is 0 Å². The Morgan fingerprint density at radius 3 is 2.33 bits per heavy atom. The van der Waals surface area contributed by atoms with Gasteiger partial charge in [-0.2, -0.15) is 13.2 Å². The minimum Gasteiger partial charge on any atom is -0.402 e. The van der Waals surface area contributed by atoms with Crippen LogP contribution in [0.3, 0.4) is 0 Å². The predicted molar refractivity (Wildman–Crippen MR) is 103 cm³/mol. The summed E-state index contributed by atoms with van der Waals surface area (Å²) in [6.45, 7) is 2.85. The van der Waals surface area contributed by atoms with Crippen molar-refractivity contribution < 1.29 is 35.8 Å². The number of pyridine rings is 1. The Kier molecular flexibility index (Phi) is 4.88. The van der Waals surface area contributed by atoms with Crippen molar-refractivity contribution in [3.63, 3.8) is 0 Å². The van der Waals surface area contributed by atoms with Crippen LogP contribution < -0.4 is 10.5 Å². The fourth-order valence-electron chi connectivity index (χ4n) is 5.38. The molecule has 4 aliphatic rings. The Morgan fingerprint density at radius 1 is 1.06 bits per heavy atom. The quantitative estimate of drug-likeness (QED) is 0.665. The lowest BCUT2D eigenvalue weighted by Crippen LogP contribution is -2.79. The summed E-state index contributed by atoms with van der Waals surface area (Å²) in [7, 11) is 0. The largest absolute Gasteiger partial charge is 0.573 e. The van der Waals surface area contributed by atoms with Crippen molar-refractivity contribution in [2.45, 2.75) is 49.3 Å². The van der Waals surface area contributed by atoms with Crippen LogP contribution in [0.4, 0.5) is 32.2 Å². The molecule has 3 heterocycles. The lowest BCUT2D eigenvalue weighted by molar-refractivity contribution is -0.274. The maximum atomic E-state index is 13.3. The zero-order valence-corrected chi connectivity index (χ0v) is 17.3. The number of hydrogen-bond acceptors (Lipinski definition) is 6. The van der Waals surface area contributed by atoms with Gasteiger partial charge in [-0.1, -0.05) is 0 Å². The molecule has 3 aliphatic carbocycles. The van der Waals surface area contributed by atoms with E-state index >= 15 is 0 Å². The second-order valence-corrected chi connectivity index (χ2v) is 8.94. The molecule has 6 rings (SSSR count). The van der Waals surface area contributed by atoms with Gasteiger partial charge in [0.1, 0.15) is 12.2 Å². The van der Waals surface area contributed by atoms with Gasteiger partial charge in [0.2, 0.25) is 0 Å². The number of halogens is 6. The molecule has 2 aromatic heterocycles. The van der Waals surface area contributed by atoms with Crippen molar-refractivity contribution >= 4 is 5.82 Å². The highest BCUT2D eigenvalue weighted by Crippen LogP contribution is 2.68. The second kappa shape index (κ2) is 7.23. The van der Waals surface area contributed by atoms with Gasteiger partial charge in [-0.25, -0.2) is 9.97 Å². The maximum Gasteiger partial charge on any atom is 0.573 e. The first-order valence-electron chi connectivity index (χ1n) is 10.4. The third-order valence-electron chi connectivity index (χ3n) is 6.71. The van der Waals surface area contributed by atoms with Gasteiger partial charge >= 0.3 is 12.5 Å². The third-order valence-corrected chi connectivity index (χ3v) is 6.71. The van der Waals surface area contributed by atoms with Crippen molar-refractivity contribution in [1.29, 1.82) is 0 Å². The number of anilines is 1. The monoisotopic (exact) mass is 477 g/mol. The van der Waals surface area contributed by atoms with Crippen LogP contribution in [0.15, 0.2) is 18.5 Å². The normalized spacial score (nSPS) is 27.7. The van der Waals surface area contributed by atoms with E-state index in [9.17, 15) is 26.3 Å². The minimum absolute atomic E-state index is 0.0276. The summed E-state index contributed by atoms with van der Waals surface area (Å²) in [5.41, 5.74) is 5.12. The van der Waals surface area contributed by atoms with Crippen molar-refractivity contribution in [1.82, 2.24) is 19.4 Å². The number of alkyl halides is 6. The first-order chi connectivity index (χ1) is 15.4. The van der Waals surface area contributed by atoms with E-state index in [-0.39, 0.29) is 22.6 Å². The average Bonchev–Trinajstić information content (AvgIpc) is 3.03. The van der Waals surface area contributed by atoms with Gasteiger partial charge in [-0.3, -0.25) is 4.90 Å². The molecule has 0 radical (unpaired) electrons. The molecule has 7 nitrogen and oxygen atoms in total. The molecule has 1 aliphatic heterocycles. The average molecular weight is 477 g/mol. The van der Waals surface area contributed by atoms with E-state index in [0.29, 0.717) is 32.5 Å². The molecule has 0 spiro atoms. The number of aromatic nitrogens is 3. The van der Waals surface area contributed by atoms with Gasteiger partial charge in [-0.15, -0.1) is 13.2 Å². The number of hydrogen-bond donors (Lipinski definition) is 1. The third kappa shape index (κ3) is 4.01. The lowest BCUT2D eigenvalue weighted by atomic mass is 9.43. The maximum absolute atomic E-state index is 13.3. The lowest BCUT2D eigenvalue weighted by Gasteiger charge is -2.74. The fourth-order valence-corrected chi connectivity index (χ4v) is 5.38. The van der Waals surface area contributed by atoms with Gasteiger partial charge in [0.05, 0.1) is 24.4 Å². The van der Waals surface area contributed by atoms with Crippen LogP contribution in [-0.2, 0) is 16.7 Å². The highest BCUT2D eigenvalue weighted by atomic mass is 19.4. The van der Waals surface area contributed by atoms with Crippen LogP contribution >= 0.6 is 0 Å². The molecule has 0 amide bonds. The van der Waals surface area contributed by atoms with E-state index in [1.54, 1.807) is 4.57 Å². The molecule has 2 aromatic rings. The van der Waals surface area contributed by atoms with Crippen LogP contribution in [-0.4, -0.2) is 63.8 Å². The first-order valence-corrected chi connectivity index (χ1v) is 10.4.